The lowest BCUT2D eigenvalue weighted by molar-refractivity contribution is -0.121. The first-order chi connectivity index (χ1) is 9.60. The lowest BCUT2D eigenvalue weighted by Gasteiger charge is -2.18. The monoisotopic (exact) mass is 331 g/mol. The highest BCUT2D eigenvalue weighted by atomic mass is 35.5. The number of benzene rings is 1. The molecule has 2 unspecified atom stereocenters. The molecule has 0 aromatic heterocycles. The van der Waals surface area contributed by atoms with Gasteiger partial charge in [-0.25, -0.2) is 0 Å². The number of nitrogens with one attached hydrogen (secondary N) is 1. The van der Waals surface area contributed by atoms with E-state index in [0.29, 0.717) is 22.2 Å². The van der Waals surface area contributed by atoms with Gasteiger partial charge in [-0.3, -0.25) is 4.79 Å². The van der Waals surface area contributed by atoms with Gasteiger partial charge in [-0.15, -0.1) is 0 Å². The maximum atomic E-state index is 12.1. The molecule has 1 aliphatic rings. The van der Waals surface area contributed by atoms with Crippen LogP contribution < -0.4 is 5.32 Å². The van der Waals surface area contributed by atoms with E-state index in [2.05, 4.69) is 5.32 Å². The molecule has 3 nitrogen and oxygen atoms in total. The van der Waals surface area contributed by atoms with Gasteiger partial charge in [0.2, 0.25) is 5.91 Å². The maximum Gasteiger partial charge on any atom is 0.234 e. The summed E-state index contributed by atoms with van der Waals surface area (Å²) in [5.74, 6) is -0.140. The minimum atomic E-state index is -0.306. The molecule has 6 heteroatoms. The Hall–Kier alpha value is -0.680. The molecule has 1 aromatic carbocycles. The van der Waals surface area contributed by atoms with E-state index >= 15 is 0 Å². The predicted molar refractivity (Wildman–Crippen MR) is 83.9 cm³/mol. The number of aliphatic hydroxyl groups is 1. The van der Waals surface area contributed by atoms with E-state index in [4.69, 9.17) is 23.2 Å². The summed E-state index contributed by atoms with van der Waals surface area (Å²) >= 11 is 13.0. The van der Waals surface area contributed by atoms with Crippen LogP contribution >= 0.6 is 35.0 Å². The minimum Gasteiger partial charge on any atom is -0.394 e. The second kappa shape index (κ2) is 7.36. The fourth-order valence-corrected chi connectivity index (χ4v) is 3.64. The van der Waals surface area contributed by atoms with Crippen molar-refractivity contribution in [3.8, 4) is 0 Å². The molecule has 0 spiro atoms. The van der Waals surface area contributed by atoms with Crippen LogP contribution in [-0.4, -0.2) is 28.9 Å². The number of hydrogen-bond donors (Lipinski definition) is 2. The molecule has 20 heavy (non-hydrogen) atoms. The van der Waals surface area contributed by atoms with Crippen molar-refractivity contribution in [1.82, 2.24) is 5.32 Å². The van der Waals surface area contributed by atoms with Gasteiger partial charge in [-0.1, -0.05) is 65.3 Å². The quantitative estimate of drug-likeness (QED) is 0.872. The Labute approximate surface area is 132 Å². The van der Waals surface area contributed by atoms with Gasteiger partial charge in [0.15, 0.2) is 0 Å². The summed E-state index contributed by atoms with van der Waals surface area (Å²) in [5, 5.41) is 12.5. The van der Waals surface area contributed by atoms with Gasteiger partial charge in [0.25, 0.3) is 0 Å². The number of hydrogen-bond acceptors (Lipinski definition) is 3. The van der Waals surface area contributed by atoms with E-state index in [1.165, 1.54) is 11.8 Å². The number of allylic oxidation sites excluding steroid dienone is 1. The number of thioether (sulfide) groups is 1. The maximum absolute atomic E-state index is 12.1. The third-order valence-corrected chi connectivity index (χ3v) is 5.17. The lowest BCUT2D eigenvalue weighted by atomic mass is 10.1. The second-order valence-corrected chi connectivity index (χ2v) is 6.84. The standard InChI is InChI=1S/C14H15Cl2NO2S/c15-11-7-12(20-13(11)16)14(19)17-10(8-18)6-9-4-2-1-3-5-9/h1-5,10,12,18H,6-8H2,(H,17,19). The van der Waals surface area contributed by atoms with Crippen LogP contribution in [0, 0.1) is 0 Å². The van der Waals surface area contributed by atoms with Crippen molar-refractivity contribution in [3.05, 3.63) is 45.3 Å². The Morgan fingerprint density at radius 2 is 2.10 bits per heavy atom. The summed E-state index contributed by atoms with van der Waals surface area (Å²) < 4.78 is 0.482. The van der Waals surface area contributed by atoms with Gasteiger partial charge < -0.3 is 10.4 Å². The van der Waals surface area contributed by atoms with Gasteiger partial charge in [-0.2, -0.15) is 0 Å². The zero-order valence-corrected chi connectivity index (χ0v) is 13.0. The Kier molecular flexibility index (Phi) is 5.78. The zero-order chi connectivity index (χ0) is 14.5. The van der Waals surface area contributed by atoms with Crippen LogP contribution in [0.1, 0.15) is 12.0 Å². The molecule has 0 fully saturated rings. The fourth-order valence-electron chi connectivity index (χ4n) is 1.97. The number of aliphatic hydroxyl groups excluding tert-OH is 1. The average Bonchev–Trinajstić information content (AvgIpc) is 2.79. The first kappa shape index (κ1) is 15.7. The van der Waals surface area contributed by atoms with E-state index in [9.17, 15) is 9.90 Å². The summed E-state index contributed by atoms with van der Waals surface area (Å²) in [5.41, 5.74) is 1.07. The van der Waals surface area contributed by atoms with Crippen LogP contribution in [0.3, 0.4) is 0 Å². The van der Waals surface area contributed by atoms with E-state index < -0.39 is 0 Å². The summed E-state index contributed by atoms with van der Waals surface area (Å²) in [4.78, 5) is 12.1. The number of amides is 1. The van der Waals surface area contributed by atoms with Crippen LogP contribution in [0.4, 0.5) is 0 Å². The van der Waals surface area contributed by atoms with Crippen molar-refractivity contribution in [2.24, 2.45) is 0 Å². The molecule has 1 aliphatic heterocycles. The van der Waals surface area contributed by atoms with Crippen molar-refractivity contribution in [3.63, 3.8) is 0 Å². The first-order valence-electron chi connectivity index (χ1n) is 6.26. The SMILES string of the molecule is O=C(NC(CO)Cc1ccccc1)C1CC(Cl)=C(Cl)S1. The van der Waals surface area contributed by atoms with Crippen LogP contribution in [-0.2, 0) is 11.2 Å². The fraction of sp³-hybridized carbons (Fsp3) is 0.357. The van der Waals surface area contributed by atoms with Gasteiger partial charge in [0, 0.05) is 11.5 Å². The van der Waals surface area contributed by atoms with Crippen LogP contribution in [0.25, 0.3) is 0 Å². The van der Waals surface area contributed by atoms with Gasteiger partial charge in [0.1, 0.15) is 0 Å². The highest BCUT2D eigenvalue weighted by Gasteiger charge is 2.30. The number of halogens is 2. The molecule has 108 valence electrons. The normalized spacial score (nSPS) is 20.1. The Balaban J connectivity index is 1.89. The van der Waals surface area contributed by atoms with Crippen LogP contribution in [0.5, 0.6) is 0 Å². The van der Waals surface area contributed by atoms with Crippen molar-refractivity contribution in [2.75, 3.05) is 6.61 Å². The molecule has 2 rings (SSSR count). The van der Waals surface area contributed by atoms with Crippen LogP contribution in [0.15, 0.2) is 39.7 Å². The largest absolute Gasteiger partial charge is 0.394 e. The van der Waals surface area contributed by atoms with Crippen molar-refractivity contribution in [1.29, 1.82) is 0 Å². The summed E-state index contributed by atoms with van der Waals surface area (Å²) in [6.45, 7) is -0.104. The van der Waals surface area contributed by atoms with Gasteiger partial charge in [0.05, 0.1) is 22.3 Å². The van der Waals surface area contributed by atoms with Crippen molar-refractivity contribution < 1.29 is 9.90 Å². The number of carbonyl (C=O) groups is 1. The Morgan fingerprint density at radius 1 is 1.40 bits per heavy atom. The zero-order valence-electron chi connectivity index (χ0n) is 10.7. The molecular weight excluding hydrogens is 317 g/mol. The van der Waals surface area contributed by atoms with Crippen molar-refractivity contribution in [2.45, 2.75) is 24.1 Å². The molecular formula is C14H15Cl2NO2S. The molecule has 1 aromatic rings. The molecule has 0 bridgehead atoms. The summed E-state index contributed by atoms with van der Waals surface area (Å²) in [7, 11) is 0. The third kappa shape index (κ3) is 4.16. The third-order valence-electron chi connectivity index (χ3n) is 3.01. The van der Waals surface area contributed by atoms with E-state index in [1.54, 1.807) is 0 Å². The molecule has 1 heterocycles. The smallest absolute Gasteiger partial charge is 0.234 e. The lowest BCUT2D eigenvalue weighted by Crippen LogP contribution is -2.43. The predicted octanol–water partition coefficient (Wildman–Crippen LogP) is 2.86. The second-order valence-electron chi connectivity index (χ2n) is 4.57. The highest BCUT2D eigenvalue weighted by Crippen LogP contribution is 2.41. The van der Waals surface area contributed by atoms with Crippen molar-refractivity contribution >= 4 is 40.9 Å². The minimum absolute atomic E-state index is 0.104. The van der Waals surface area contributed by atoms with E-state index in [-0.39, 0.29) is 23.8 Å². The summed E-state index contributed by atoms with van der Waals surface area (Å²) in [6, 6.07) is 9.43. The molecule has 0 saturated heterocycles. The molecule has 1 amide bonds. The first-order valence-corrected chi connectivity index (χ1v) is 7.89. The average molecular weight is 332 g/mol. The topological polar surface area (TPSA) is 49.3 Å². The Bertz CT molecular complexity index is 493. The molecule has 2 N–H and O–H groups in total. The van der Waals surface area contributed by atoms with E-state index in [1.807, 2.05) is 30.3 Å². The van der Waals surface area contributed by atoms with Gasteiger partial charge in [-0.05, 0) is 12.0 Å². The molecule has 2 atom stereocenters. The molecule has 0 radical (unpaired) electrons. The Morgan fingerprint density at radius 3 is 2.65 bits per heavy atom. The van der Waals surface area contributed by atoms with E-state index in [0.717, 1.165) is 5.56 Å². The molecule has 0 aliphatic carbocycles. The number of rotatable bonds is 5. The van der Waals surface area contributed by atoms with Gasteiger partial charge >= 0.3 is 0 Å². The summed E-state index contributed by atoms with van der Waals surface area (Å²) in [6.07, 6.45) is 1.04. The number of carbonyl (C=O) groups excluding carboxylic acids is 1. The molecule has 0 saturated carbocycles. The van der Waals surface area contributed by atoms with Crippen LogP contribution in [0.2, 0.25) is 0 Å². The highest BCUT2D eigenvalue weighted by molar-refractivity contribution is 8.06.